The van der Waals surface area contributed by atoms with Crippen LogP contribution in [0.2, 0.25) is 0 Å². The lowest BCUT2D eigenvalue weighted by atomic mass is 9.77. The number of benzene rings is 3. The summed E-state index contributed by atoms with van der Waals surface area (Å²) in [4.78, 5) is 0. The third kappa shape index (κ3) is 7.64. The Labute approximate surface area is 211 Å². The van der Waals surface area contributed by atoms with Gasteiger partial charge in [0.1, 0.15) is 17.4 Å². The summed E-state index contributed by atoms with van der Waals surface area (Å²) in [6.07, 6.45) is -17.7. The fourth-order valence-corrected chi connectivity index (χ4v) is 3.97. The molecule has 206 valence electrons. The highest BCUT2D eigenvalue weighted by molar-refractivity contribution is 5.44. The number of nitrogens with one attached hydrogen (secondary N) is 1. The van der Waals surface area contributed by atoms with Crippen molar-refractivity contribution < 1.29 is 49.4 Å². The summed E-state index contributed by atoms with van der Waals surface area (Å²) in [6, 6.07) is 14.8. The van der Waals surface area contributed by atoms with Gasteiger partial charge in [-0.25, -0.2) is 8.78 Å². The Hall–Kier alpha value is -3.25. The molecule has 12 heteroatoms. The molecule has 0 bridgehead atoms. The average molecular weight is 551 g/mol. The summed E-state index contributed by atoms with van der Waals surface area (Å²) in [5.41, 5.74) is -1.30. The van der Waals surface area contributed by atoms with E-state index < -0.39 is 60.7 Å². The average Bonchev–Trinajstić information content (AvgIpc) is 2.81. The summed E-state index contributed by atoms with van der Waals surface area (Å²) >= 11 is 0. The Balaban J connectivity index is 2.19. The highest BCUT2D eigenvalue weighted by Gasteiger charge is 2.45. The highest BCUT2D eigenvalue weighted by atomic mass is 19.4. The maximum atomic E-state index is 14.7. The molecule has 0 aliphatic heterocycles. The zero-order valence-electron chi connectivity index (χ0n) is 19.5. The lowest BCUT2D eigenvalue weighted by Crippen LogP contribution is -2.49. The van der Waals surface area contributed by atoms with Crippen LogP contribution in [0.15, 0.2) is 72.8 Å². The van der Waals surface area contributed by atoms with Gasteiger partial charge < -0.3 is 15.2 Å². The molecule has 0 saturated heterocycles. The first-order valence-corrected chi connectivity index (χ1v) is 11.2. The van der Waals surface area contributed by atoms with Crippen molar-refractivity contribution in [3.05, 3.63) is 101 Å². The van der Waals surface area contributed by atoms with Gasteiger partial charge in [0.25, 0.3) is 0 Å². The molecule has 0 radical (unpaired) electrons. The molecule has 0 aliphatic rings. The lowest BCUT2D eigenvalue weighted by molar-refractivity contribution is -0.253. The minimum atomic E-state index is -4.97. The Morgan fingerprint density at radius 2 is 1.42 bits per heavy atom. The molecule has 0 aromatic heterocycles. The highest BCUT2D eigenvalue weighted by Crippen LogP contribution is 2.38. The number of alkyl halides is 7. The Bertz CT molecular complexity index is 1190. The molecule has 0 aliphatic carbocycles. The van der Waals surface area contributed by atoms with Gasteiger partial charge in [0.05, 0.1) is 18.1 Å². The second kappa shape index (κ2) is 11.6. The smallest absolute Gasteiger partial charge is 0.428 e. The van der Waals surface area contributed by atoms with Crippen LogP contribution in [0, 0.1) is 11.6 Å². The first-order chi connectivity index (χ1) is 17.7. The quantitative estimate of drug-likeness (QED) is 0.264. The largest absolute Gasteiger partial charge is 0.461 e. The number of aliphatic hydroxyl groups excluding tert-OH is 1. The second-order valence-electron chi connectivity index (χ2n) is 8.57. The van der Waals surface area contributed by atoms with Gasteiger partial charge in [-0.15, -0.1) is 0 Å². The van der Waals surface area contributed by atoms with Gasteiger partial charge in [-0.3, -0.25) is 0 Å². The van der Waals surface area contributed by atoms with E-state index in [1.165, 1.54) is 12.1 Å². The van der Waals surface area contributed by atoms with Crippen LogP contribution in [0.3, 0.4) is 0 Å². The SMILES string of the molecule is O[C@H](CN[C@](Cc1ccccc1)(c1ccc(F)cc1)c1cc(F)cc(OC(F)(F)C(F)F)c1)CC(F)(F)F. The van der Waals surface area contributed by atoms with Crippen molar-refractivity contribution in [2.75, 3.05) is 6.54 Å². The van der Waals surface area contributed by atoms with Crippen LogP contribution in [0.4, 0.5) is 39.5 Å². The zero-order valence-corrected chi connectivity index (χ0v) is 19.5. The van der Waals surface area contributed by atoms with Gasteiger partial charge in [0.2, 0.25) is 0 Å². The molecule has 0 heterocycles. The van der Waals surface area contributed by atoms with E-state index >= 15 is 0 Å². The molecular formula is C26H22F9NO2. The molecule has 3 aromatic rings. The summed E-state index contributed by atoms with van der Waals surface area (Å²) in [6.45, 7) is -0.719. The minimum Gasteiger partial charge on any atom is -0.428 e. The molecule has 0 fully saturated rings. The van der Waals surface area contributed by atoms with E-state index in [2.05, 4.69) is 10.1 Å². The summed E-state index contributed by atoms with van der Waals surface area (Å²) < 4.78 is 124. The Morgan fingerprint density at radius 1 is 0.789 bits per heavy atom. The number of aliphatic hydroxyl groups is 1. The van der Waals surface area contributed by atoms with Gasteiger partial charge in [0.15, 0.2) is 0 Å². The van der Waals surface area contributed by atoms with E-state index in [0.717, 1.165) is 24.3 Å². The number of ether oxygens (including phenoxy) is 1. The monoisotopic (exact) mass is 551 g/mol. The fourth-order valence-electron chi connectivity index (χ4n) is 3.97. The van der Waals surface area contributed by atoms with Gasteiger partial charge in [-0.05, 0) is 47.4 Å². The third-order valence-electron chi connectivity index (χ3n) is 5.63. The van der Waals surface area contributed by atoms with Crippen molar-refractivity contribution >= 4 is 0 Å². The van der Waals surface area contributed by atoms with Crippen molar-refractivity contribution in [1.29, 1.82) is 0 Å². The molecule has 0 unspecified atom stereocenters. The molecule has 38 heavy (non-hydrogen) atoms. The van der Waals surface area contributed by atoms with Crippen LogP contribution in [0.5, 0.6) is 5.75 Å². The van der Waals surface area contributed by atoms with E-state index in [4.69, 9.17) is 0 Å². The van der Waals surface area contributed by atoms with Gasteiger partial charge in [-0.2, -0.15) is 30.7 Å². The van der Waals surface area contributed by atoms with Gasteiger partial charge >= 0.3 is 18.7 Å². The first kappa shape index (κ1) is 29.3. The predicted molar refractivity (Wildman–Crippen MR) is 120 cm³/mol. The maximum Gasteiger partial charge on any atom is 0.461 e. The Morgan fingerprint density at radius 3 is 2.00 bits per heavy atom. The van der Waals surface area contributed by atoms with Crippen LogP contribution in [0.25, 0.3) is 0 Å². The summed E-state index contributed by atoms with van der Waals surface area (Å²) in [5.74, 6) is -2.85. The van der Waals surface area contributed by atoms with E-state index in [9.17, 15) is 44.6 Å². The molecular weight excluding hydrogens is 529 g/mol. The molecule has 3 nitrogen and oxygen atoms in total. The van der Waals surface area contributed by atoms with Gasteiger partial charge in [-0.1, -0.05) is 42.5 Å². The minimum absolute atomic E-state index is 0.152. The van der Waals surface area contributed by atoms with Crippen LogP contribution >= 0.6 is 0 Å². The Kier molecular flexibility index (Phi) is 8.98. The van der Waals surface area contributed by atoms with Crippen LogP contribution in [-0.4, -0.2) is 36.5 Å². The second-order valence-corrected chi connectivity index (χ2v) is 8.57. The van der Waals surface area contributed by atoms with Crippen LogP contribution in [0.1, 0.15) is 23.1 Å². The summed E-state index contributed by atoms with van der Waals surface area (Å²) in [7, 11) is 0. The van der Waals surface area contributed by atoms with Crippen molar-refractivity contribution in [3.63, 3.8) is 0 Å². The van der Waals surface area contributed by atoms with E-state index in [1.807, 2.05) is 0 Å². The van der Waals surface area contributed by atoms with Crippen LogP contribution < -0.4 is 10.1 Å². The zero-order chi connectivity index (χ0) is 28.1. The molecule has 0 amide bonds. The number of rotatable bonds is 11. The normalized spacial score (nSPS) is 14.8. The van der Waals surface area contributed by atoms with E-state index in [-0.39, 0.29) is 17.5 Å². The fraction of sp³-hybridized carbons (Fsp3) is 0.308. The molecule has 2 atom stereocenters. The van der Waals surface area contributed by atoms with E-state index in [1.54, 1.807) is 30.3 Å². The van der Waals surface area contributed by atoms with Crippen molar-refractivity contribution in [2.45, 2.75) is 43.2 Å². The van der Waals surface area contributed by atoms with Crippen molar-refractivity contribution in [1.82, 2.24) is 5.32 Å². The maximum absolute atomic E-state index is 14.7. The molecule has 3 aromatic carbocycles. The number of hydrogen-bond acceptors (Lipinski definition) is 3. The number of halogens is 9. The number of hydrogen-bond donors (Lipinski definition) is 2. The third-order valence-corrected chi connectivity index (χ3v) is 5.63. The topological polar surface area (TPSA) is 41.5 Å². The predicted octanol–water partition coefficient (Wildman–Crippen LogP) is 6.59. The standard InChI is InChI=1S/C26H22F9NO2/c27-19-8-6-17(7-9-19)24(13-16-4-2-1-3-5-16,36-15-21(37)14-25(31,32)33)18-10-20(28)12-22(11-18)38-26(34,35)23(29)30/h1-12,21,23,36-37H,13-15H2/t21-,24+/m0/s1. The first-order valence-electron chi connectivity index (χ1n) is 11.2. The molecule has 3 rings (SSSR count). The lowest BCUT2D eigenvalue weighted by Gasteiger charge is -2.38. The van der Waals surface area contributed by atoms with Crippen molar-refractivity contribution in [3.8, 4) is 5.75 Å². The van der Waals surface area contributed by atoms with Crippen LogP contribution in [-0.2, 0) is 12.0 Å². The molecule has 0 spiro atoms. The summed E-state index contributed by atoms with van der Waals surface area (Å²) in [5, 5.41) is 12.8. The van der Waals surface area contributed by atoms with E-state index in [0.29, 0.717) is 11.6 Å². The van der Waals surface area contributed by atoms with Gasteiger partial charge in [0, 0.05) is 12.6 Å². The molecule has 2 N–H and O–H groups in total. The molecule has 0 saturated carbocycles. The van der Waals surface area contributed by atoms with Crippen molar-refractivity contribution in [2.24, 2.45) is 0 Å².